The van der Waals surface area contributed by atoms with Gasteiger partial charge in [-0.1, -0.05) is 11.6 Å². The van der Waals surface area contributed by atoms with Crippen LogP contribution in [0.15, 0.2) is 23.1 Å². The van der Waals surface area contributed by atoms with E-state index < -0.39 is 15.8 Å². The lowest BCUT2D eigenvalue weighted by atomic mass is 9.99. The van der Waals surface area contributed by atoms with Gasteiger partial charge in [0, 0.05) is 18.1 Å². The van der Waals surface area contributed by atoms with E-state index in [1.54, 1.807) is 0 Å². The van der Waals surface area contributed by atoms with Crippen molar-refractivity contribution in [1.82, 2.24) is 4.31 Å². The van der Waals surface area contributed by atoms with Gasteiger partial charge in [-0.15, -0.1) is 0 Å². The smallest absolute Gasteiger partial charge is 0.246 e. The summed E-state index contributed by atoms with van der Waals surface area (Å²) in [6, 6.07) is 3.56. The molecule has 1 aliphatic heterocycles. The Bertz CT molecular complexity index is 557. The van der Waals surface area contributed by atoms with Crippen LogP contribution in [0.4, 0.5) is 4.39 Å². The highest BCUT2D eigenvalue weighted by atomic mass is 35.5. The van der Waals surface area contributed by atoms with Crippen LogP contribution in [0, 0.1) is 11.7 Å². The van der Waals surface area contributed by atoms with Crippen molar-refractivity contribution in [2.75, 3.05) is 19.6 Å². The Labute approximate surface area is 117 Å². The van der Waals surface area contributed by atoms with Gasteiger partial charge in [0.1, 0.15) is 10.7 Å². The molecule has 0 radical (unpaired) electrons. The Balaban J connectivity index is 2.26. The second kappa shape index (κ2) is 5.75. The molecule has 0 aromatic heterocycles. The summed E-state index contributed by atoms with van der Waals surface area (Å²) in [5.41, 5.74) is 5.57. The van der Waals surface area contributed by atoms with E-state index >= 15 is 0 Å². The number of halogens is 2. The van der Waals surface area contributed by atoms with Crippen molar-refractivity contribution in [3.63, 3.8) is 0 Å². The number of nitrogens with zero attached hydrogens (tertiary/aromatic N) is 1. The van der Waals surface area contributed by atoms with E-state index in [2.05, 4.69) is 0 Å². The molecule has 1 saturated heterocycles. The highest BCUT2D eigenvalue weighted by Gasteiger charge is 2.31. The molecule has 1 aliphatic rings. The van der Waals surface area contributed by atoms with Crippen molar-refractivity contribution >= 4 is 21.6 Å². The Hall–Kier alpha value is -0.690. The average Bonchev–Trinajstić information content (AvgIpc) is 2.41. The Kier molecular flexibility index (Phi) is 4.45. The molecule has 2 N–H and O–H groups in total. The van der Waals surface area contributed by atoms with Gasteiger partial charge in [0.15, 0.2) is 0 Å². The molecule has 0 amide bonds. The van der Waals surface area contributed by atoms with Gasteiger partial charge >= 0.3 is 0 Å². The zero-order valence-corrected chi connectivity index (χ0v) is 11.9. The van der Waals surface area contributed by atoms with Crippen LogP contribution in [0.3, 0.4) is 0 Å². The molecule has 2 rings (SSSR count). The molecule has 106 valence electrons. The summed E-state index contributed by atoms with van der Waals surface area (Å²) in [4.78, 5) is -0.355. The Morgan fingerprint density at radius 1 is 1.37 bits per heavy atom. The largest absolute Gasteiger partial charge is 0.330 e. The van der Waals surface area contributed by atoms with Gasteiger partial charge in [-0.2, -0.15) is 4.31 Å². The van der Waals surface area contributed by atoms with E-state index in [4.69, 9.17) is 17.3 Å². The second-order valence-electron chi connectivity index (χ2n) is 4.66. The number of hydrogen-bond donors (Lipinski definition) is 1. The lowest BCUT2D eigenvalue weighted by Gasteiger charge is -2.30. The van der Waals surface area contributed by atoms with Crippen molar-refractivity contribution in [3.05, 3.63) is 29.0 Å². The molecule has 1 aromatic rings. The summed E-state index contributed by atoms with van der Waals surface area (Å²) in [6.07, 6.45) is 1.41. The lowest BCUT2D eigenvalue weighted by Crippen LogP contribution is -2.40. The standard InChI is InChI=1S/C12H16ClFN2O2S/c13-10-1-2-11(14)12(7-10)19(17,18)16-5-3-9(8-15)4-6-16/h1-2,7,9H,3-6,8,15H2. The second-order valence-corrected chi connectivity index (χ2v) is 7.00. The lowest BCUT2D eigenvalue weighted by molar-refractivity contribution is 0.278. The first-order valence-electron chi connectivity index (χ1n) is 6.10. The summed E-state index contributed by atoms with van der Waals surface area (Å²) in [5, 5.41) is 0.205. The van der Waals surface area contributed by atoms with Crippen LogP contribution in [0.1, 0.15) is 12.8 Å². The van der Waals surface area contributed by atoms with Gasteiger partial charge < -0.3 is 5.73 Å². The van der Waals surface area contributed by atoms with Crippen molar-refractivity contribution in [3.8, 4) is 0 Å². The fourth-order valence-electron chi connectivity index (χ4n) is 2.20. The van der Waals surface area contributed by atoms with Gasteiger partial charge in [0.05, 0.1) is 0 Å². The van der Waals surface area contributed by atoms with Crippen molar-refractivity contribution in [2.24, 2.45) is 11.7 Å². The quantitative estimate of drug-likeness (QED) is 0.927. The fraction of sp³-hybridized carbons (Fsp3) is 0.500. The zero-order valence-electron chi connectivity index (χ0n) is 10.4. The number of sulfonamides is 1. The highest BCUT2D eigenvalue weighted by Crippen LogP contribution is 2.26. The van der Waals surface area contributed by atoms with Crippen LogP contribution < -0.4 is 5.73 Å². The SMILES string of the molecule is NCC1CCN(S(=O)(=O)c2cc(Cl)ccc2F)CC1. The first-order valence-corrected chi connectivity index (χ1v) is 7.92. The third kappa shape index (κ3) is 3.08. The highest BCUT2D eigenvalue weighted by molar-refractivity contribution is 7.89. The van der Waals surface area contributed by atoms with Gasteiger partial charge in [0.25, 0.3) is 0 Å². The van der Waals surface area contributed by atoms with E-state index in [1.165, 1.54) is 10.4 Å². The molecule has 0 unspecified atom stereocenters. The maximum atomic E-state index is 13.7. The van der Waals surface area contributed by atoms with Crippen LogP contribution in [-0.4, -0.2) is 32.4 Å². The number of hydrogen-bond acceptors (Lipinski definition) is 3. The molecule has 0 atom stereocenters. The third-order valence-electron chi connectivity index (χ3n) is 3.42. The maximum Gasteiger partial charge on any atom is 0.246 e. The molecule has 0 bridgehead atoms. The minimum absolute atomic E-state index is 0.205. The molecule has 0 aliphatic carbocycles. The van der Waals surface area contributed by atoms with Gasteiger partial charge in [-0.05, 0) is 43.5 Å². The molecular weight excluding hydrogens is 291 g/mol. The summed E-state index contributed by atoms with van der Waals surface area (Å²) in [5.74, 6) is -0.430. The molecule has 0 spiro atoms. The van der Waals surface area contributed by atoms with Crippen LogP contribution >= 0.6 is 11.6 Å². The van der Waals surface area contributed by atoms with Crippen LogP contribution in [0.5, 0.6) is 0 Å². The third-order valence-corrected chi connectivity index (χ3v) is 5.57. The van der Waals surface area contributed by atoms with E-state index in [1.807, 2.05) is 0 Å². The first-order chi connectivity index (χ1) is 8.95. The average molecular weight is 307 g/mol. The van der Waals surface area contributed by atoms with Crippen molar-refractivity contribution < 1.29 is 12.8 Å². The molecular formula is C12H16ClFN2O2S. The number of benzene rings is 1. The van der Waals surface area contributed by atoms with E-state index in [0.29, 0.717) is 38.4 Å². The van der Waals surface area contributed by atoms with Gasteiger partial charge in [-0.3, -0.25) is 0 Å². The summed E-state index contributed by atoms with van der Waals surface area (Å²) in [6.45, 7) is 1.30. The van der Waals surface area contributed by atoms with Crippen LogP contribution in [0.2, 0.25) is 5.02 Å². The molecule has 1 heterocycles. The fourth-order valence-corrected chi connectivity index (χ4v) is 4.00. The minimum atomic E-state index is -3.81. The number of rotatable bonds is 3. The summed E-state index contributed by atoms with van der Waals surface area (Å²) < 4.78 is 39.7. The molecule has 4 nitrogen and oxygen atoms in total. The first kappa shape index (κ1) is 14.7. The number of nitrogens with two attached hydrogens (primary N) is 1. The molecule has 1 fully saturated rings. The minimum Gasteiger partial charge on any atom is -0.330 e. The predicted octanol–water partition coefficient (Wildman–Crippen LogP) is 1.84. The van der Waals surface area contributed by atoms with Crippen LogP contribution in [-0.2, 0) is 10.0 Å². The Morgan fingerprint density at radius 2 is 2.00 bits per heavy atom. The monoisotopic (exact) mass is 306 g/mol. The number of piperidine rings is 1. The molecule has 1 aromatic carbocycles. The van der Waals surface area contributed by atoms with E-state index in [-0.39, 0.29) is 9.92 Å². The van der Waals surface area contributed by atoms with Crippen molar-refractivity contribution in [2.45, 2.75) is 17.7 Å². The molecule has 19 heavy (non-hydrogen) atoms. The van der Waals surface area contributed by atoms with E-state index in [9.17, 15) is 12.8 Å². The maximum absolute atomic E-state index is 13.7. The summed E-state index contributed by atoms with van der Waals surface area (Å²) >= 11 is 5.74. The van der Waals surface area contributed by atoms with E-state index in [0.717, 1.165) is 12.1 Å². The summed E-state index contributed by atoms with van der Waals surface area (Å²) in [7, 11) is -3.81. The molecule has 0 saturated carbocycles. The van der Waals surface area contributed by atoms with Crippen LogP contribution in [0.25, 0.3) is 0 Å². The zero-order chi connectivity index (χ0) is 14.0. The Morgan fingerprint density at radius 3 is 2.58 bits per heavy atom. The topological polar surface area (TPSA) is 63.4 Å². The van der Waals surface area contributed by atoms with Crippen molar-refractivity contribution in [1.29, 1.82) is 0 Å². The van der Waals surface area contributed by atoms with Gasteiger partial charge in [-0.25, -0.2) is 12.8 Å². The normalized spacial score (nSPS) is 18.7. The molecule has 7 heteroatoms. The predicted molar refractivity (Wildman–Crippen MR) is 71.9 cm³/mol. The van der Waals surface area contributed by atoms with Gasteiger partial charge in [0.2, 0.25) is 10.0 Å².